The van der Waals surface area contributed by atoms with Gasteiger partial charge in [0.15, 0.2) is 6.29 Å². The third kappa shape index (κ3) is 11.7. The fourth-order valence-electron chi connectivity index (χ4n) is 3.90. The number of hydrogen-bond acceptors (Lipinski definition) is 8. The van der Waals surface area contributed by atoms with Crippen LogP contribution in [-0.2, 0) is 28.5 Å². The Morgan fingerprint density at radius 2 is 1.95 bits per heavy atom. The summed E-state index contributed by atoms with van der Waals surface area (Å²) in [5, 5.41) is 11.7. The van der Waals surface area contributed by atoms with Gasteiger partial charge >= 0.3 is 6.09 Å². The Morgan fingerprint density at radius 1 is 1.16 bits per heavy atom. The molecule has 1 unspecified atom stereocenters. The van der Waals surface area contributed by atoms with Gasteiger partial charge in [-0.05, 0) is 71.1 Å². The van der Waals surface area contributed by atoms with Crippen LogP contribution in [0, 0.1) is 0 Å². The zero-order chi connectivity index (χ0) is 27.3. The normalized spacial score (nSPS) is 21.6. The quantitative estimate of drug-likeness (QED) is 0.215. The van der Waals surface area contributed by atoms with Gasteiger partial charge in [0.25, 0.3) is 0 Å². The van der Waals surface area contributed by atoms with E-state index < -0.39 is 17.7 Å². The van der Waals surface area contributed by atoms with Gasteiger partial charge in [-0.2, -0.15) is 0 Å². The minimum atomic E-state index is -1.02. The zero-order valence-corrected chi connectivity index (χ0v) is 22.7. The third-order valence-electron chi connectivity index (χ3n) is 5.72. The number of carbonyl (C=O) groups is 2. The summed E-state index contributed by atoms with van der Waals surface area (Å²) in [6, 6.07) is -1.02. The second-order valence-corrected chi connectivity index (χ2v) is 9.98. The molecule has 0 aliphatic carbocycles. The van der Waals surface area contributed by atoms with Crippen molar-refractivity contribution in [3.63, 3.8) is 0 Å². The van der Waals surface area contributed by atoms with Gasteiger partial charge in [-0.15, -0.1) is 0 Å². The maximum atomic E-state index is 13.4. The Balaban J connectivity index is 1.97. The summed E-state index contributed by atoms with van der Waals surface area (Å²) in [5.74, 6) is 0.274. The van der Waals surface area contributed by atoms with Crippen LogP contribution < -0.4 is 5.32 Å². The van der Waals surface area contributed by atoms with Crippen molar-refractivity contribution < 1.29 is 38.4 Å². The molecule has 10 heteroatoms. The van der Waals surface area contributed by atoms with Crippen molar-refractivity contribution in [2.24, 2.45) is 0 Å². The van der Waals surface area contributed by atoms with Crippen LogP contribution in [0.4, 0.5) is 4.79 Å². The first kappa shape index (κ1) is 30.8. The van der Waals surface area contributed by atoms with Crippen molar-refractivity contribution in [3.05, 3.63) is 36.1 Å². The van der Waals surface area contributed by atoms with Crippen LogP contribution >= 0.6 is 0 Å². The summed E-state index contributed by atoms with van der Waals surface area (Å²) in [5.41, 5.74) is -0.340. The fourth-order valence-corrected chi connectivity index (χ4v) is 3.90. The van der Waals surface area contributed by atoms with E-state index in [1.807, 2.05) is 6.92 Å². The minimum absolute atomic E-state index is 0.0787. The second kappa shape index (κ2) is 15.8. The van der Waals surface area contributed by atoms with E-state index in [-0.39, 0.29) is 31.5 Å². The largest absolute Gasteiger partial charge is 0.492 e. The molecule has 2 aliphatic heterocycles. The smallest absolute Gasteiger partial charge is 0.408 e. The molecule has 2 fully saturated rings. The Bertz CT molecular complexity index is 799. The lowest BCUT2D eigenvalue weighted by Crippen LogP contribution is -2.50. The SMILES string of the molecule is C=C(/C=C\C(=C/C)OCCOC1CCCCO1)[C@H](NC(=O)OC(C)(C)C)C(=O)N1CC[C@H](OCCO)C1. The van der Waals surface area contributed by atoms with Crippen LogP contribution in [0.3, 0.4) is 0 Å². The predicted octanol–water partition coefficient (Wildman–Crippen LogP) is 3.07. The highest BCUT2D eigenvalue weighted by Crippen LogP contribution is 2.18. The lowest BCUT2D eigenvalue weighted by atomic mass is 10.1. The maximum Gasteiger partial charge on any atom is 0.408 e. The van der Waals surface area contributed by atoms with Gasteiger partial charge in [0.05, 0.1) is 25.9 Å². The van der Waals surface area contributed by atoms with Crippen LogP contribution in [0.1, 0.15) is 53.4 Å². The van der Waals surface area contributed by atoms with Crippen LogP contribution in [0.2, 0.25) is 0 Å². The summed E-state index contributed by atoms with van der Waals surface area (Å²) >= 11 is 0. The number of nitrogens with zero attached hydrogens (tertiary/aromatic N) is 1. The molecule has 2 N–H and O–H groups in total. The number of aliphatic hydroxyl groups excluding tert-OH is 1. The van der Waals surface area contributed by atoms with Gasteiger partial charge in [0, 0.05) is 19.7 Å². The van der Waals surface area contributed by atoms with Crippen molar-refractivity contribution >= 4 is 12.0 Å². The molecule has 2 heterocycles. The highest BCUT2D eigenvalue weighted by Gasteiger charge is 2.34. The Kier molecular flexibility index (Phi) is 13.1. The molecular formula is C27H44N2O8. The molecule has 37 heavy (non-hydrogen) atoms. The van der Waals surface area contributed by atoms with Crippen LogP contribution in [0.25, 0.3) is 0 Å². The number of allylic oxidation sites excluding steroid dienone is 2. The Morgan fingerprint density at radius 3 is 2.59 bits per heavy atom. The average molecular weight is 525 g/mol. The first-order valence-electron chi connectivity index (χ1n) is 13.0. The number of amides is 2. The number of ether oxygens (including phenoxy) is 5. The van der Waals surface area contributed by atoms with Crippen molar-refractivity contribution in [2.75, 3.05) is 46.1 Å². The molecule has 0 radical (unpaired) electrons. The van der Waals surface area contributed by atoms with E-state index in [4.69, 9.17) is 28.8 Å². The summed E-state index contributed by atoms with van der Waals surface area (Å²) in [6.07, 6.45) is 7.80. The summed E-state index contributed by atoms with van der Waals surface area (Å²) in [4.78, 5) is 27.5. The molecule has 0 aromatic heterocycles. The molecule has 0 bridgehead atoms. The number of hydrogen-bond donors (Lipinski definition) is 2. The molecule has 0 aromatic carbocycles. The molecule has 2 rings (SSSR count). The summed E-state index contributed by atoms with van der Waals surface area (Å²) < 4.78 is 28.0. The van der Waals surface area contributed by atoms with Gasteiger partial charge in [-0.25, -0.2) is 4.79 Å². The standard InChI is InChI=1S/C27H44N2O8/c1-6-21(34-17-18-36-23-9-7-8-15-35-23)11-10-20(2)24(28-26(32)37-27(3,4)5)25(31)29-13-12-22(19-29)33-16-14-30/h6,10-11,22-24,30H,2,7-9,12-19H2,1,3-5H3,(H,28,32)/b11-10-,21-6+/t22-,23?,24-/m0/s1. The highest BCUT2D eigenvalue weighted by molar-refractivity contribution is 5.89. The van der Waals surface area contributed by atoms with Crippen LogP contribution in [-0.4, -0.2) is 92.2 Å². The number of rotatable bonds is 13. The topological polar surface area (TPSA) is 116 Å². The number of likely N-dealkylation sites (tertiary alicyclic amines) is 1. The van der Waals surface area contributed by atoms with Gasteiger partial charge in [-0.3, -0.25) is 4.79 Å². The van der Waals surface area contributed by atoms with E-state index >= 15 is 0 Å². The van der Waals surface area contributed by atoms with Crippen molar-refractivity contribution in [1.82, 2.24) is 10.2 Å². The van der Waals surface area contributed by atoms with Gasteiger partial charge < -0.3 is 39.0 Å². The van der Waals surface area contributed by atoms with Gasteiger partial charge in [0.1, 0.15) is 24.0 Å². The van der Waals surface area contributed by atoms with Crippen molar-refractivity contribution in [3.8, 4) is 0 Å². The van der Waals surface area contributed by atoms with E-state index in [1.165, 1.54) is 0 Å². The molecule has 0 aromatic rings. The first-order chi connectivity index (χ1) is 17.6. The van der Waals surface area contributed by atoms with E-state index in [0.717, 1.165) is 25.9 Å². The highest BCUT2D eigenvalue weighted by atomic mass is 16.7. The first-order valence-corrected chi connectivity index (χ1v) is 13.0. The lowest BCUT2D eigenvalue weighted by Gasteiger charge is -2.27. The second-order valence-electron chi connectivity index (χ2n) is 9.98. The lowest BCUT2D eigenvalue weighted by molar-refractivity contribution is -0.167. The molecule has 0 spiro atoms. The molecule has 210 valence electrons. The molecule has 2 aliphatic rings. The molecule has 10 nitrogen and oxygen atoms in total. The van der Waals surface area contributed by atoms with E-state index in [1.54, 1.807) is 43.9 Å². The average Bonchev–Trinajstić information content (AvgIpc) is 3.33. The van der Waals surface area contributed by atoms with E-state index in [2.05, 4.69) is 11.9 Å². The van der Waals surface area contributed by atoms with Crippen molar-refractivity contribution in [2.45, 2.75) is 77.4 Å². The van der Waals surface area contributed by atoms with Gasteiger partial charge in [-0.1, -0.05) is 12.7 Å². The van der Waals surface area contributed by atoms with E-state index in [9.17, 15) is 9.59 Å². The predicted molar refractivity (Wildman–Crippen MR) is 139 cm³/mol. The molecule has 0 saturated carbocycles. The third-order valence-corrected chi connectivity index (χ3v) is 5.72. The zero-order valence-electron chi connectivity index (χ0n) is 22.7. The number of nitrogens with one attached hydrogen (secondary N) is 1. The molecule has 3 atom stereocenters. The molecular weight excluding hydrogens is 480 g/mol. The summed E-state index contributed by atoms with van der Waals surface area (Å²) in [6.45, 7) is 13.6. The fraction of sp³-hybridized carbons (Fsp3) is 0.704. The number of aliphatic hydroxyl groups is 1. The van der Waals surface area contributed by atoms with Crippen LogP contribution in [0.15, 0.2) is 36.1 Å². The Labute approximate surface area is 220 Å². The molecule has 2 amide bonds. The summed E-state index contributed by atoms with van der Waals surface area (Å²) in [7, 11) is 0. The van der Waals surface area contributed by atoms with Gasteiger partial charge in [0.2, 0.25) is 5.91 Å². The molecule has 2 saturated heterocycles. The van der Waals surface area contributed by atoms with E-state index in [0.29, 0.717) is 44.1 Å². The van der Waals surface area contributed by atoms with Crippen molar-refractivity contribution in [1.29, 1.82) is 0 Å². The number of carbonyl (C=O) groups excluding carboxylic acids is 2. The van der Waals surface area contributed by atoms with Crippen LogP contribution in [0.5, 0.6) is 0 Å². The minimum Gasteiger partial charge on any atom is -0.492 e. The maximum absolute atomic E-state index is 13.4. The number of alkyl carbamates (subject to hydrolysis) is 1. The Hall–Kier alpha value is -2.40. The monoisotopic (exact) mass is 524 g/mol.